The molecule has 0 fully saturated rings. The van der Waals surface area contributed by atoms with Crippen molar-refractivity contribution in [2.75, 3.05) is 36.9 Å². The topological polar surface area (TPSA) is 84.9 Å². The molecule has 1 N–H and O–H groups in total. The molecule has 0 aliphatic rings. The van der Waals surface area contributed by atoms with Crippen LogP contribution >= 0.6 is 11.8 Å². The molecule has 0 unspecified atom stereocenters. The minimum Gasteiger partial charge on any atom is -0.494 e. The maximum absolute atomic E-state index is 13.5. The number of carbonyl (C=O) groups is 1. The molecule has 1 amide bonds. The van der Waals surface area contributed by atoms with Gasteiger partial charge in [-0.15, -0.1) is 11.8 Å². The van der Waals surface area contributed by atoms with Crippen molar-refractivity contribution >= 4 is 33.4 Å². The molecule has 9 heteroatoms. The van der Waals surface area contributed by atoms with E-state index in [1.807, 2.05) is 37.4 Å². The molecule has 3 aromatic rings. The number of nitrogens with zero attached hydrogens (tertiary/aromatic N) is 1. The number of aryl methyl sites for hydroxylation is 1. The van der Waals surface area contributed by atoms with E-state index in [1.54, 1.807) is 48.5 Å². The molecule has 0 saturated heterocycles. The van der Waals surface area contributed by atoms with Crippen molar-refractivity contribution < 1.29 is 22.7 Å². The van der Waals surface area contributed by atoms with Gasteiger partial charge in [-0.25, -0.2) is 8.42 Å². The maximum atomic E-state index is 13.5. The van der Waals surface area contributed by atoms with Gasteiger partial charge in [0.05, 0.1) is 23.7 Å². The summed E-state index contributed by atoms with van der Waals surface area (Å²) < 4.78 is 39.3. The number of anilines is 1. The fourth-order valence-corrected chi connectivity index (χ4v) is 5.26. The van der Waals surface area contributed by atoms with E-state index in [1.165, 1.54) is 17.3 Å². The van der Waals surface area contributed by atoms with E-state index in [4.69, 9.17) is 9.47 Å². The van der Waals surface area contributed by atoms with Gasteiger partial charge in [0, 0.05) is 4.90 Å². The van der Waals surface area contributed by atoms with Crippen LogP contribution in [-0.2, 0) is 21.2 Å². The Hall–Kier alpha value is -3.17. The Morgan fingerprint density at radius 3 is 2.08 bits per heavy atom. The summed E-state index contributed by atoms with van der Waals surface area (Å²) in [4.78, 5) is 13.8. The van der Waals surface area contributed by atoms with Crippen LogP contribution in [0.4, 0.5) is 5.69 Å². The summed E-state index contributed by atoms with van der Waals surface area (Å²) in [5.41, 5.74) is 1.59. The van der Waals surface area contributed by atoms with Crippen LogP contribution in [0.25, 0.3) is 0 Å². The molecule has 0 aliphatic carbocycles. The molecule has 7 nitrogen and oxygen atoms in total. The van der Waals surface area contributed by atoms with Gasteiger partial charge in [-0.2, -0.15) is 0 Å². The number of sulfonamides is 1. The molecule has 0 aromatic heterocycles. The lowest BCUT2D eigenvalue weighted by atomic mass is 10.2. The van der Waals surface area contributed by atoms with Crippen molar-refractivity contribution in [1.29, 1.82) is 0 Å². The van der Waals surface area contributed by atoms with Crippen LogP contribution in [0.5, 0.6) is 11.5 Å². The first-order chi connectivity index (χ1) is 17.4. The average Bonchev–Trinajstić information content (AvgIpc) is 2.91. The normalized spacial score (nSPS) is 11.1. The minimum atomic E-state index is -3.99. The van der Waals surface area contributed by atoms with E-state index in [0.717, 1.165) is 15.6 Å². The fourth-order valence-electron chi connectivity index (χ4n) is 3.43. The van der Waals surface area contributed by atoms with Crippen LogP contribution in [0.2, 0.25) is 0 Å². The quantitative estimate of drug-likeness (QED) is 0.254. The highest BCUT2D eigenvalue weighted by atomic mass is 32.2. The summed E-state index contributed by atoms with van der Waals surface area (Å²) in [5.74, 6) is 0.906. The van der Waals surface area contributed by atoms with Crippen molar-refractivity contribution in [2.24, 2.45) is 0 Å². The number of ether oxygens (including phenoxy) is 2. The number of carbonyl (C=O) groups excluding carboxylic acids is 1. The van der Waals surface area contributed by atoms with Crippen LogP contribution in [0.15, 0.2) is 82.6 Å². The number of nitrogens with one attached hydrogen (secondary N) is 1. The highest BCUT2D eigenvalue weighted by molar-refractivity contribution is 7.98. The van der Waals surface area contributed by atoms with Gasteiger partial charge in [0.15, 0.2) is 0 Å². The Morgan fingerprint density at radius 2 is 1.50 bits per heavy atom. The molecule has 0 atom stereocenters. The van der Waals surface area contributed by atoms with Gasteiger partial charge in [0.25, 0.3) is 10.0 Å². The summed E-state index contributed by atoms with van der Waals surface area (Å²) in [6.45, 7) is 4.60. The monoisotopic (exact) mass is 528 g/mol. The first kappa shape index (κ1) is 27.4. The zero-order valence-electron chi connectivity index (χ0n) is 20.8. The van der Waals surface area contributed by atoms with E-state index in [-0.39, 0.29) is 24.6 Å². The average molecular weight is 529 g/mol. The lowest BCUT2D eigenvalue weighted by Crippen LogP contribution is -2.41. The van der Waals surface area contributed by atoms with Crippen LogP contribution in [0, 0.1) is 0 Å². The number of amides is 1. The zero-order chi connectivity index (χ0) is 26.0. The Morgan fingerprint density at radius 1 is 0.889 bits per heavy atom. The third-order valence-electron chi connectivity index (χ3n) is 5.39. The van der Waals surface area contributed by atoms with Crippen molar-refractivity contribution in [3.8, 4) is 11.5 Å². The Labute approximate surface area is 217 Å². The molecule has 0 radical (unpaired) electrons. The van der Waals surface area contributed by atoms with Gasteiger partial charge in [0.2, 0.25) is 5.91 Å². The SMILES string of the molecule is CCOc1ccc(N(CC(=O)NCCOc2ccc(CC)cc2)S(=O)(=O)c2ccc(SC)cc2)cc1. The number of rotatable bonds is 13. The Bertz CT molecular complexity index is 1210. The van der Waals surface area contributed by atoms with Gasteiger partial charge >= 0.3 is 0 Å². The number of thioether (sulfide) groups is 1. The summed E-state index contributed by atoms with van der Waals surface area (Å²) in [7, 11) is -3.99. The molecule has 192 valence electrons. The third-order valence-corrected chi connectivity index (χ3v) is 7.93. The highest BCUT2D eigenvalue weighted by Crippen LogP contribution is 2.27. The number of hydrogen-bond donors (Lipinski definition) is 1. The second kappa shape index (κ2) is 13.2. The predicted octanol–water partition coefficient (Wildman–Crippen LogP) is 4.76. The third kappa shape index (κ3) is 7.41. The summed E-state index contributed by atoms with van der Waals surface area (Å²) in [6.07, 6.45) is 2.87. The summed E-state index contributed by atoms with van der Waals surface area (Å²) >= 11 is 1.52. The lowest BCUT2D eigenvalue weighted by molar-refractivity contribution is -0.119. The van der Waals surface area contributed by atoms with Crippen LogP contribution in [0.3, 0.4) is 0 Å². The second-order valence-corrected chi connectivity index (χ2v) is 10.6. The minimum absolute atomic E-state index is 0.112. The fraction of sp³-hybridized carbons (Fsp3) is 0.296. The largest absolute Gasteiger partial charge is 0.494 e. The van der Waals surface area contributed by atoms with Gasteiger partial charge in [-0.1, -0.05) is 19.1 Å². The molecule has 0 heterocycles. The first-order valence-electron chi connectivity index (χ1n) is 11.8. The van der Waals surface area contributed by atoms with Gasteiger partial charge in [-0.3, -0.25) is 9.10 Å². The standard InChI is InChI=1S/C27H32N2O5S2/c1-4-21-6-10-24(11-7-21)34-19-18-28-27(30)20-29(22-8-12-23(13-9-22)33-5-2)36(31,32)26-16-14-25(35-3)15-17-26/h6-17H,4-5,18-20H2,1-3H3,(H,28,30). The molecule has 0 saturated carbocycles. The predicted molar refractivity (Wildman–Crippen MR) is 145 cm³/mol. The molecule has 0 bridgehead atoms. The number of hydrogen-bond acceptors (Lipinski definition) is 6. The molecule has 36 heavy (non-hydrogen) atoms. The van der Waals surface area contributed by atoms with Crippen LogP contribution < -0.4 is 19.1 Å². The maximum Gasteiger partial charge on any atom is 0.264 e. The molecular weight excluding hydrogens is 496 g/mol. The number of benzene rings is 3. The molecule has 0 spiro atoms. The molecule has 0 aliphatic heterocycles. The van der Waals surface area contributed by atoms with E-state index in [9.17, 15) is 13.2 Å². The van der Waals surface area contributed by atoms with Gasteiger partial charge < -0.3 is 14.8 Å². The van der Waals surface area contributed by atoms with E-state index in [0.29, 0.717) is 23.8 Å². The van der Waals surface area contributed by atoms with Gasteiger partial charge in [-0.05, 0) is 85.8 Å². The van der Waals surface area contributed by atoms with Crippen molar-refractivity contribution in [3.63, 3.8) is 0 Å². The van der Waals surface area contributed by atoms with E-state index >= 15 is 0 Å². The van der Waals surface area contributed by atoms with E-state index in [2.05, 4.69) is 12.2 Å². The van der Waals surface area contributed by atoms with Gasteiger partial charge in [0.1, 0.15) is 24.7 Å². The molecule has 3 aromatic carbocycles. The van der Waals surface area contributed by atoms with Crippen molar-refractivity contribution in [1.82, 2.24) is 5.32 Å². The Balaban J connectivity index is 1.70. The summed E-state index contributed by atoms with van der Waals surface area (Å²) in [6, 6.07) is 21.0. The first-order valence-corrected chi connectivity index (χ1v) is 14.4. The Kier molecular flexibility index (Phi) is 10.1. The van der Waals surface area contributed by atoms with Crippen molar-refractivity contribution in [3.05, 3.63) is 78.4 Å². The van der Waals surface area contributed by atoms with Crippen molar-refractivity contribution in [2.45, 2.75) is 30.1 Å². The smallest absolute Gasteiger partial charge is 0.264 e. The van der Waals surface area contributed by atoms with E-state index < -0.39 is 15.9 Å². The molecular formula is C27H32N2O5S2. The second-order valence-electron chi connectivity index (χ2n) is 7.81. The summed E-state index contributed by atoms with van der Waals surface area (Å²) in [5, 5.41) is 2.75. The molecule has 3 rings (SSSR count). The lowest BCUT2D eigenvalue weighted by Gasteiger charge is -2.24. The highest BCUT2D eigenvalue weighted by Gasteiger charge is 2.27. The zero-order valence-corrected chi connectivity index (χ0v) is 22.4. The van der Waals surface area contributed by atoms with Crippen LogP contribution in [-0.4, -0.2) is 46.9 Å². The van der Waals surface area contributed by atoms with Crippen LogP contribution in [0.1, 0.15) is 19.4 Å².